The van der Waals surface area contributed by atoms with Crippen LogP contribution in [0.4, 0.5) is 5.69 Å². The zero-order chi connectivity index (χ0) is 13.1. The fourth-order valence-corrected chi connectivity index (χ4v) is 2.06. The number of piperazine rings is 1. The second kappa shape index (κ2) is 6.49. The largest absolute Gasteiger partial charge is 0.333 e. The van der Waals surface area contributed by atoms with Crippen LogP contribution in [0, 0.1) is 10.1 Å². The van der Waals surface area contributed by atoms with E-state index in [2.05, 4.69) is 5.32 Å². The summed E-state index contributed by atoms with van der Waals surface area (Å²) in [7, 11) is 0. The number of halogens is 1. The van der Waals surface area contributed by atoms with Gasteiger partial charge in [0.2, 0.25) is 0 Å². The molecule has 0 bridgehead atoms. The van der Waals surface area contributed by atoms with Crippen LogP contribution in [0.5, 0.6) is 0 Å². The second-order valence-electron chi connectivity index (χ2n) is 4.36. The lowest BCUT2D eigenvalue weighted by Crippen LogP contribution is -2.52. The Hall–Kier alpha value is -1.66. The van der Waals surface area contributed by atoms with Crippen molar-refractivity contribution in [2.45, 2.75) is 13.0 Å². The first-order valence-corrected chi connectivity index (χ1v) is 5.85. The summed E-state index contributed by atoms with van der Waals surface area (Å²) in [5, 5.41) is 13.9. The molecule has 104 valence electrons. The molecule has 1 aromatic rings. The van der Waals surface area contributed by atoms with Crippen molar-refractivity contribution in [1.29, 1.82) is 0 Å². The summed E-state index contributed by atoms with van der Waals surface area (Å²) in [6.07, 6.45) is 0. The molecule has 0 saturated carbocycles. The van der Waals surface area contributed by atoms with E-state index in [9.17, 15) is 14.9 Å². The lowest BCUT2D eigenvalue weighted by Gasteiger charge is -2.34. The van der Waals surface area contributed by atoms with Crippen LogP contribution < -0.4 is 5.32 Å². The highest BCUT2D eigenvalue weighted by atomic mass is 35.5. The predicted molar refractivity (Wildman–Crippen MR) is 73.7 cm³/mol. The van der Waals surface area contributed by atoms with Crippen molar-refractivity contribution in [3.05, 3.63) is 39.9 Å². The minimum atomic E-state index is -0.488. The highest BCUT2D eigenvalue weighted by molar-refractivity contribution is 5.95. The van der Waals surface area contributed by atoms with Crippen molar-refractivity contribution in [2.24, 2.45) is 0 Å². The number of benzene rings is 1. The molecule has 1 heterocycles. The number of nitrogens with one attached hydrogen (secondary N) is 1. The van der Waals surface area contributed by atoms with Crippen LogP contribution in [0.15, 0.2) is 24.3 Å². The van der Waals surface area contributed by atoms with Crippen LogP contribution in [-0.4, -0.2) is 41.4 Å². The maximum atomic E-state index is 12.3. The van der Waals surface area contributed by atoms with Gasteiger partial charge in [0.1, 0.15) is 0 Å². The average Bonchev–Trinajstić information content (AvgIpc) is 2.38. The van der Waals surface area contributed by atoms with E-state index in [1.165, 1.54) is 18.2 Å². The molecule has 1 aliphatic heterocycles. The van der Waals surface area contributed by atoms with E-state index in [1.54, 1.807) is 11.0 Å². The number of carbonyl (C=O) groups is 1. The van der Waals surface area contributed by atoms with Gasteiger partial charge in [0.15, 0.2) is 0 Å². The molecule has 19 heavy (non-hydrogen) atoms. The molecule has 0 aliphatic carbocycles. The number of nitrogens with zero attached hydrogens (tertiary/aromatic N) is 2. The Bertz CT molecular complexity index is 481. The zero-order valence-electron chi connectivity index (χ0n) is 10.5. The molecule has 0 spiro atoms. The summed E-state index contributed by atoms with van der Waals surface area (Å²) in [5.74, 6) is -0.146. The Morgan fingerprint density at radius 1 is 1.53 bits per heavy atom. The van der Waals surface area contributed by atoms with Gasteiger partial charge in [-0.2, -0.15) is 0 Å². The molecule has 6 nitrogen and oxygen atoms in total. The van der Waals surface area contributed by atoms with Gasteiger partial charge in [0, 0.05) is 43.4 Å². The third-order valence-corrected chi connectivity index (χ3v) is 3.07. The van der Waals surface area contributed by atoms with Gasteiger partial charge in [-0.05, 0) is 13.0 Å². The van der Waals surface area contributed by atoms with Gasteiger partial charge in [-0.15, -0.1) is 12.4 Å². The summed E-state index contributed by atoms with van der Waals surface area (Å²) < 4.78 is 0. The average molecular weight is 286 g/mol. The molecule has 1 atom stereocenters. The maximum Gasteiger partial charge on any atom is 0.270 e. The number of carbonyl (C=O) groups excluding carboxylic acids is 1. The number of hydrogen-bond acceptors (Lipinski definition) is 4. The minimum absolute atomic E-state index is 0. The monoisotopic (exact) mass is 285 g/mol. The molecule has 0 aromatic heterocycles. The molecule has 1 aromatic carbocycles. The molecule has 7 heteroatoms. The quantitative estimate of drug-likeness (QED) is 0.659. The van der Waals surface area contributed by atoms with Crippen molar-refractivity contribution in [3.63, 3.8) is 0 Å². The maximum absolute atomic E-state index is 12.3. The third-order valence-electron chi connectivity index (χ3n) is 3.07. The van der Waals surface area contributed by atoms with E-state index < -0.39 is 4.92 Å². The summed E-state index contributed by atoms with van der Waals surface area (Å²) in [6.45, 7) is 4.09. The Labute approximate surface area is 117 Å². The SMILES string of the molecule is C[C@@H]1CNCCN1C(=O)c1cccc([N+](=O)[O-])c1.Cl. The van der Waals surface area contributed by atoms with Crippen molar-refractivity contribution in [1.82, 2.24) is 10.2 Å². The van der Waals surface area contributed by atoms with E-state index >= 15 is 0 Å². The van der Waals surface area contributed by atoms with Crippen molar-refractivity contribution < 1.29 is 9.72 Å². The molecule has 0 unspecified atom stereocenters. The number of rotatable bonds is 2. The molecule has 1 saturated heterocycles. The summed E-state index contributed by atoms with van der Waals surface area (Å²) in [4.78, 5) is 24.2. The number of non-ortho nitro benzene ring substituents is 1. The fourth-order valence-electron chi connectivity index (χ4n) is 2.06. The van der Waals surface area contributed by atoms with Crippen molar-refractivity contribution >= 4 is 24.0 Å². The standard InChI is InChI=1S/C12H15N3O3.ClH/c1-9-8-13-5-6-14(9)12(16)10-3-2-4-11(7-10)15(17)18;/h2-4,7,9,13H,5-6,8H2,1H3;1H/t9-;/m1./s1. The summed E-state index contributed by atoms with van der Waals surface area (Å²) >= 11 is 0. The summed E-state index contributed by atoms with van der Waals surface area (Å²) in [5.41, 5.74) is 0.321. The number of nitro benzene ring substituents is 1. The predicted octanol–water partition coefficient (Wildman–Crippen LogP) is 1.45. The van der Waals surface area contributed by atoms with Gasteiger partial charge in [-0.25, -0.2) is 0 Å². The smallest absolute Gasteiger partial charge is 0.270 e. The second-order valence-corrected chi connectivity index (χ2v) is 4.36. The Morgan fingerprint density at radius 3 is 2.89 bits per heavy atom. The Balaban J connectivity index is 0.00000180. The van der Waals surface area contributed by atoms with E-state index in [0.717, 1.165) is 13.1 Å². The van der Waals surface area contributed by atoms with Crippen LogP contribution in [0.1, 0.15) is 17.3 Å². The first kappa shape index (κ1) is 15.4. The van der Waals surface area contributed by atoms with E-state index in [0.29, 0.717) is 12.1 Å². The molecule has 0 radical (unpaired) electrons. The van der Waals surface area contributed by atoms with Crippen LogP contribution in [0.2, 0.25) is 0 Å². The third kappa shape index (κ3) is 3.42. The number of nitro groups is 1. The molecule has 1 fully saturated rings. The molecular weight excluding hydrogens is 270 g/mol. The van der Waals surface area contributed by atoms with Gasteiger partial charge in [-0.3, -0.25) is 14.9 Å². The molecule has 1 N–H and O–H groups in total. The van der Waals surface area contributed by atoms with Crippen LogP contribution in [-0.2, 0) is 0 Å². The van der Waals surface area contributed by atoms with Crippen LogP contribution in [0.25, 0.3) is 0 Å². The fraction of sp³-hybridized carbons (Fsp3) is 0.417. The van der Waals surface area contributed by atoms with Gasteiger partial charge in [-0.1, -0.05) is 6.07 Å². The van der Waals surface area contributed by atoms with E-state index in [-0.39, 0.29) is 30.0 Å². The van der Waals surface area contributed by atoms with Gasteiger partial charge in [0.05, 0.1) is 4.92 Å². The summed E-state index contributed by atoms with van der Waals surface area (Å²) in [6, 6.07) is 5.97. The topological polar surface area (TPSA) is 75.5 Å². The number of hydrogen-bond donors (Lipinski definition) is 1. The zero-order valence-corrected chi connectivity index (χ0v) is 11.4. The first-order chi connectivity index (χ1) is 8.59. The van der Waals surface area contributed by atoms with Crippen LogP contribution >= 0.6 is 12.4 Å². The highest BCUT2D eigenvalue weighted by Gasteiger charge is 2.24. The van der Waals surface area contributed by atoms with E-state index in [1.807, 2.05) is 6.92 Å². The molecule has 1 aliphatic rings. The molecule has 2 rings (SSSR count). The lowest BCUT2D eigenvalue weighted by molar-refractivity contribution is -0.384. The van der Waals surface area contributed by atoms with Gasteiger partial charge < -0.3 is 10.2 Å². The minimum Gasteiger partial charge on any atom is -0.333 e. The molecular formula is C12H16ClN3O3. The van der Waals surface area contributed by atoms with E-state index in [4.69, 9.17) is 0 Å². The number of amides is 1. The molecule has 1 amide bonds. The van der Waals surface area contributed by atoms with Crippen molar-refractivity contribution in [2.75, 3.05) is 19.6 Å². The highest BCUT2D eigenvalue weighted by Crippen LogP contribution is 2.16. The van der Waals surface area contributed by atoms with Crippen LogP contribution in [0.3, 0.4) is 0 Å². The van der Waals surface area contributed by atoms with Gasteiger partial charge >= 0.3 is 0 Å². The van der Waals surface area contributed by atoms with Gasteiger partial charge in [0.25, 0.3) is 11.6 Å². The van der Waals surface area contributed by atoms with Crippen molar-refractivity contribution in [3.8, 4) is 0 Å². The normalized spacial score (nSPS) is 18.6. The Morgan fingerprint density at radius 2 is 2.26 bits per heavy atom. The Kier molecular flexibility index (Phi) is 5.26. The lowest BCUT2D eigenvalue weighted by atomic mass is 10.1. The first-order valence-electron chi connectivity index (χ1n) is 5.85.